The maximum Gasteiger partial charge on any atom is 0.203 e. The Bertz CT molecular complexity index is 457. The molecule has 2 saturated carbocycles. The predicted octanol–water partition coefficient (Wildman–Crippen LogP) is 2.45. The van der Waals surface area contributed by atoms with Gasteiger partial charge in [0.2, 0.25) is 5.78 Å². The monoisotopic (exact) mass is 248 g/mol. The number of allylic oxidation sites excluding steroid dienone is 1. The van der Waals surface area contributed by atoms with Crippen LogP contribution in [0.1, 0.15) is 39.5 Å². The lowest BCUT2D eigenvalue weighted by Gasteiger charge is -2.48. The number of carbonyl (C=O) groups is 1. The number of hydrogen-bond acceptors (Lipinski definition) is 3. The van der Waals surface area contributed by atoms with Gasteiger partial charge in [0, 0.05) is 5.92 Å². The molecule has 0 N–H and O–H groups in total. The van der Waals surface area contributed by atoms with Crippen molar-refractivity contribution in [3.63, 3.8) is 0 Å². The SMILES string of the molecule is C=C1OC23C(CCC(C)C2CCC2(C)OC23)C1=O. The molecule has 0 aromatic carbocycles. The Morgan fingerprint density at radius 1 is 1.33 bits per heavy atom. The topological polar surface area (TPSA) is 38.8 Å². The standard InChI is InChI=1S/C15H20O3/c1-8-4-5-11-12(16)9(2)17-15(11)10(8)6-7-14(3)13(15)18-14/h8,10-11,13H,2,4-7H2,1,3H3. The van der Waals surface area contributed by atoms with Crippen molar-refractivity contribution in [1.29, 1.82) is 0 Å². The van der Waals surface area contributed by atoms with E-state index in [0.29, 0.717) is 17.6 Å². The molecule has 2 aliphatic heterocycles. The van der Waals surface area contributed by atoms with E-state index in [4.69, 9.17) is 9.47 Å². The zero-order valence-corrected chi connectivity index (χ0v) is 11.1. The molecule has 2 aliphatic carbocycles. The highest BCUT2D eigenvalue weighted by Gasteiger charge is 2.76. The lowest BCUT2D eigenvalue weighted by Crippen LogP contribution is -2.58. The third-order valence-electron chi connectivity index (χ3n) is 5.86. The van der Waals surface area contributed by atoms with Crippen molar-refractivity contribution < 1.29 is 14.3 Å². The van der Waals surface area contributed by atoms with Gasteiger partial charge < -0.3 is 9.47 Å². The van der Waals surface area contributed by atoms with Crippen LogP contribution in [-0.4, -0.2) is 23.1 Å². The van der Waals surface area contributed by atoms with Crippen LogP contribution >= 0.6 is 0 Å². The molecule has 6 atom stereocenters. The number of hydrogen-bond donors (Lipinski definition) is 0. The molecule has 0 amide bonds. The summed E-state index contributed by atoms with van der Waals surface area (Å²) < 4.78 is 12.1. The van der Waals surface area contributed by atoms with Crippen molar-refractivity contribution >= 4 is 5.78 Å². The smallest absolute Gasteiger partial charge is 0.203 e. The molecular formula is C15H20O3. The van der Waals surface area contributed by atoms with Crippen LogP contribution in [0.25, 0.3) is 0 Å². The third kappa shape index (κ3) is 1.04. The highest BCUT2D eigenvalue weighted by molar-refractivity contribution is 5.98. The van der Waals surface area contributed by atoms with Crippen LogP contribution in [0.15, 0.2) is 12.3 Å². The summed E-state index contributed by atoms with van der Waals surface area (Å²) in [4.78, 5) is 12.3. The van der Waals surface area contributed by atoms with Gasteiger partial charge in [-0.15, -0.1) is 0 Å². The van der Waals surface area contributed by atoms with Gasteiger partial charge in [-0.3, -0.25) is 4.79 Å². The van der Waals surface area contributed by atoms with E-state index in [1.165, 1.54) is 0 Å². The molecule has 2 saturated heterocycles. The van der Waals surface area contributed by atoms with Crippen molar-refractivity contribution in [3.05, 3.63) is 12.3 Å². The van der Waals surface area contributed by atoms with Crippen LogP contribution in [-0.2, 0) is 14.3 Å². The Hall–Kier alpha value is -0.830. The highest BCUT2D eigenvalue weighted by atomic mass is 16.6. The lowest BCUT2D eigenvalue weighted by atomic mass is 9.56. The van der Waals surface area contributed by atoms with Crippen molar-refractivity contribution in [2.75, 3.05) is 0 Å². The normalized spacial score (nSPS) is 57.4. The summed E-state index contributed by atoms with van der Waals surface area (Å²) in [5, 5.41) is 0. The number of rotatable bonds is 0. The Balaban J connectivity index is 1.83. The second-order valence-corrected chi connectivity index (χ2v) is 6.81. The van der Waals surface area contributed by atoms with E-state index in [1.807, 2.05) is 0 Å². The van der Waals surface area contributed by atoms with Crippen LogP contribution < -0.4 is 0 Å². The van der Waals surface area contributed by atoms with E-state index in [-0.39, 0.29) is 29.0 Å². The van der Waals surface area contributed by atoms with Crippen molar-refractivity contribution in [3.8, 4) is 0 Å². The number of Topliss-reactive ketones (excluding diaryl/α,β-unsaturated/α-hetero) is 1. The molecule has 0 radical (unpaired) electrons. The first-order chi connectivity index (χ1) is 8.49. The number of ether oxygens (including phenoxy) is 2. The second kappa shape index (κ2) is 3.01. The summed E-state index contributed by atoms with van der Waals surface area (Å²) >= 11 is 0. The Morgan fingerprint density at radius 3 is 2.89 bits per heavy atom. The van der Waals surface area contributed by atoms with Crippen LogP contribution in [0.5, 0.6) is 0 Å². The fourth-order valence-electron chi connectivity index (χ4n) is 4.88. The van der Waals surface area contributed by atoms with Crippen LogP contribution in [0.3, 0.4) is 0 Å². The van der Waals surface area contributed by atoms with Gasteiger partial charge in [0.15, 0.2) is 11.4 Å². The van der Waals surface area contributed by atoms with Crippen molar-refractivity contribution in [1.82, 2.24) is 0 Å². The number of epoxide rings is 1. The first kappa shape index (κ1) is 11.0. The predicted molar refractivity (Wildman–Crippen MR) is 65.9 cm³/mol. The quantitative estimate of drug-likeness (QED) is 0.488. The van der Waals surface area contributed by atoms with Crippen LogP contribution in [0.4, 0.5) is 0 Å². The zero-order valence-electron chi connectivity index (χ0n) is 11.1. The fourth-order valence-corrected chi connectivity index (χ4v) is 4.88. The van der Waals surface area contributed by atoms with E-state index < -0.39 is 0 Å². The summed E-state index contributed by atoms with van der Waals surface area (Å²) in [6, 6.07) is 0. The Morgan fingerprint density at radius 2 is 2.11 bits per heavy atom. The minimum absolute atomic E-state index is 0.00155. The Labute approximate surface area is 108 Å². The molecule has 1 spiro atoms. The van der Waals surface area contributed by atoms with E-state index >= 15 is 0 Å². The van der Waals surface area contributed by atoms with E-state index in [1.54, 1.807) is 0 Å². The number of carbonyl (C=O) groups excluding carboxylic acids is 1. The first-order valence-electron chi connectivity index (χ1n) is 7.09. The highest BCUT2D eigenvalue weighted by Crippen LogP contribution is 2.65. The summed E-state index contributed by atoms with van der Waals surface area (Å²) in [6.45, 7) is 8.27. The molecule has 18 heavy (non-hydrogen) atoms. The van der Waals surface area contributed by atoms with Crippen LogP contribution in [0.2, 0.25) is 0 Å². The van der Waals surface area contributed by atoms with E-state index in [2.05, 4.69) is 20.4 Å². The third-order valence-corrected chi connectivity index (χ3v) is 5.86. The van der Waals surface area contributed by atoms with Gasteiger partial charge in [0.1, 0.15) is 6.10 Å². The van der Waals surface area contributed by atoms with E-state index in [9.17, 15) is 4.79 Å². The molecule has 6 unspecified atom stereocenters. The molecule has 3 nitrogen and oxygen atoms in total. The summed E-state index contributed by atoms with van der Waals surface area (Å²) in [6.07, 6.45) is 4.39. The first-order valence-corrected chi connectivity index (χ1v) is 7.09. The maximum absolute atomic E-state index is 12.3. The molecule has 98 valence electrons. The molecule has 2 heterocycles. The van der Waals surface area contributed by atoms with Gasteiger partial charge in [0.25, 0.3) is 0 Å². The minimum Gasteiger partial charge on any atom is -0.480 e. The average molecular weight is 248 g/mol. The summed E-state index contributed by atoms with van der Waals surface area (Å²) in [5.74, 6) is 1.58. The largest absolute Gasteiger partial charge is 0.480 e. The molecule has 3 heteroatoms. The second-order valence-electron chi connectivity index (χ2n) is 6.81. The zero-order chi connectivity index (χ0) is 12.7. The van der Waals surface area contributed by atoms with Crippen molar-refractivity contribution in [2.24, 2.45) is 17.8 Å². The van der Waals surface area contributed by atoms with Gasteiger partial charge in [-0.1, -0.05) is 13.5 Å². The molecule has 4 fully saturated rings. The lowest BCUT2D eigenvalue weighted by molar-refractivity contribution is -0.131. The maximum atomic E-state index is 12.3. The molecular weight excluding hydrogens is 228 g/mol. The molecule has 0 aromatic heterocycles. The number of fused-ring (bicyclic) bond motifs is 1. The van der Waals surface area contributed by atoms with Gasteiger partial charge in [0.05, 0.1) is 11.5 Å². The van der Waals surface area contributed by atoms with Crippen molar-refractivity contribution in [2.45, 2.75) is 56.8 Å². The molecule has 0 aromatic rings. The van der Waals surface area contributed by atoms with Gasteiger partial charge in [-0.25, -0.2) is 0 Å². The van der Waals surface area contributed by atoms with Gasteiger partial charge in [-0.05, 0) is 38.5 Å². The number of ketones is 1. The molecule has 0 bridgehead atoms. The minimum atomic E-state index is -0.376. The average Bonchev–Trinajstić information content (AvgIpc) is 2.95. The summed E-state index contributed by atoms with van der Waals surface area (Å²) in [5.41, 5.74) is -0.421. The Kier molecular flexibility index (Phi) is 1.84. The van der Waals surface area contributed by atoms with E-state index in [0.717, 1.165) is 25.7 Å². The molecule has 4 rings (SSSR count). The summed E-state index contributed by atoms with van der Waals surface area (Å²) in [7, 11) is 0. The fraction of sp³-hybridized carbons (Fsp3) is 0.800. The molecule has 4 aliphatic rings. The van der Waals surface area contributed by atoms with Gasteiger partial charge in [-0.2, -0.15) is 0 Å². The van der Waals surface area contributed by atoms with Crippen LogP contribution in [0, 0.1) is 17.8 Å². The van der Waals surface area contributed by atoms with Gasteiger partial charge >= 0.3 is 0 Å².